The molecule has 2 aliphatic rings. The Kier molecular flexibility index (Phi) is 2.93. The number of para-hydroxylation sites is 1. The summed E-state index contributed by atoms with van der Waals surface area (Å²) >= 11 is 1.32. The second kappa shape index (κ2) is 4.63. The standard InChI is InChI=1S/C15H15FN2O3S/c16-10-2-1-3-11-12(10)17-13(22-11)15(21)4-8-6-18(14(19)20)7-9(8)5-15/h1-3,8-9,21H,4-7H2,(H,19,20)/t8-,9+,15?. The number of likely N-dealkylation sites (tertiary alicyclic amines) is 1. The maximum atomic E-state index is 13.8. The van der Waals surface area contributed by atoms with E-state index in [1.54, 1.807) is 12.1 Å². The smallest absolute Gasteiger partial charge is 0.407 e. The fourth-order valence-corrected chi connectivity index (χ4v) is 4.89. The molecule has 2 fully saturated rings. The molecule has 1 saturated carbocycles. The molecule has 4 rings (SSSR count). The van der Waals surface area contributed by atoms with E-state index in [0.29, 0.717) is 36.5 Å². The van der Waals surface area contributed by atoms with E-state index in [-0.39, 0.29) is 17.7 Å². The van der Waals surface area contributed by atoms with Crippen LogP contribution in [0.5, 0.6) is 0 Å². The van der Waals surface area contributed by atoms with Crippen LogP contribution in [0.1, 0.15) is 17.8 Å². The van der Waals surface area contributed by atoms with E-state index in [2.05, 4.69) is 4.98 Å². The molecule has 1 unspecified atom stereocenters. The summed E-state index contributed by atoms with van der Waals surface area (Å²) in [7, 11) is 0. The average Bonchev–Trinajstić information content (AvgIpc) is 3.10. The second-order valence-electron chi connectivity index (χ2n) is 6.25. The zero-order chi connectivity index (χ0) is 15.5. The van der Waals surface area contributed by atoms with E-state index in [0.717, 1.165) is 4.70 Å². The molecule has 2 aromatic rings. The molecule has 0 bridgehead atoms. The highest BCUT2D eigenvalue weighted by atomic mass is 32.1. The van der Waals surface area contributed by atoms with Gasteiger partial charge in [0.05, 0.1) is 4.70 Å². The lowest BCUT2D eigenvalue weighted by Gasteiger charge is -2.22. The van der Waals surface area contributed by atoms with E-state index in [4.69, 9.17) is 5.11 Å². The van der Waals surface area contributed by atoms with Crippen molar-refractivity contribution in [1.29, 1.82) is 0 Å². The predicted molar refractivity (Wildman–Crippen MR) is 79.3 cm³/mol. The zero-order valence-electron chi connectivity index (χ0n) is 11.7. The van der Waals surface area contributed by atoms with Gasteiger partial charge < -0.3 is 15.1 Å². The number of thiazole rings is 1. The SMILES string of the molecule is O=C(O)N1C[C@@H]2CC(O)(c3nc4c(F)cccc4s3)C[C@@H]2C1. The second-order valence-corrected chi connectivity index (χ2v) is 7.28. The molecule has 2 heterocycles. The van der Waals surface area contributed by atoms with Crippen molar-refractivity contribution in [2.24, 2.45) is 11.8 Å². The zero-order valence-corrected chi connectivity index (χ0v) is 12.5. The molecule has 1 saturated heterocycles. The topological polar surface area (TPSA) is 73.7 Å². The van der Waals surface area contributed by atoms with E-state index >= 15 is 0 Å². The highest BCUT2D eigenvalue weighted by Crippen LogP contribution is 2.50. The van der Waals surface area contributed by atoms with Crippen LogP contribution in [0.3, 0.4) is 0 Å². The average molecular weight is 322 g/mol. The van der Waals surface area contributed by atoms with Gasteiger partial charge in [-0.1, -0.05) is 6.07 Å². The van der Waals surface area contributed by atoms with Gasteiger partial charge in [0.15, 0.2) is 0 Å². The summed E-state index contributed by atoms with van der Waals surface area (Å²) in [5, 5.41) is 20.5. The Morgan fingerprint density at radius 3 is 2.64 bits per heavy atom. The normalized spacial score (nSPS) is 30.9. The van der Waals surface area contributed by atoms with Gasteiger partial charge in [-0.05, 0) is 36.8 Å². The van der Waals surface area contributed by atoms with E-state index in [1.165, 1.54) is 22.3 Å². The van der Waals surface area contributed by atoms with Crippen molar-refractivity contribution in [3.63, 3.8) is 0 Å². The molecule has 1 aliphatic carbocycles. The first-order chi connectivity index (χ1) is 10.5. The molecule has 0 spiro atoms. The molecule has 5 nitrogen and oxygen atoms in total. The minimum Gasteiger partial charge on any atom is -0.465 e. The van der Waals surface area contributed by atoms with Crippen LogP contribution in [0.25, 0.3) is 10.2 Å². The lowest BCUT2D eigenvalue weighted by molar-refractivity contribution is 0.0314. The minimum absolute atomic E-state index is 0.151. The molecule has 3 atom stereocenters. The van der Waals surface area contributed by atoms with Crippen molar-refractivity contribution in [3.8, 4) is 0 Å². The van der Waals surface area contributed by atoms with Crippen LogP contribution in [0, 0.1) is 17.7 Å². The Balaban J connectivity index is 1.63. The molecule has 2 N–H and O–H groups in total. The maximum Gasteiger partial charge on any atom is 0.407 e. The summed E-state index contributed by atoms with van der Waals surface area (Å²) in [6.45, 7) is 0.920. The van der Waals surface area contributed by atoms with Gasteiger partial charge in [0.1, 0.15) is 21.9 Å². The van der Waals surface area contributed by atoms with Gasteiger partial charge >= 0.3 is 6.09 Å². The number of halogens is 1. The number of aromatic nitrogens is 1. The maximum absolute atomic E-state index is 13.8. The van der Waals surface area contributed by atoms with Gasteiger partial charge in [-0.15, -0.1) is 11.3 Å². The summed E-state index contributed by atoms with van der Waals surface area (Å²) in [5.74, 6) is -0.0743. The first-order valence-corrected chi connectivity index (χ1v) is 8.04. The number of carboxylic acid groups (broad SMARTS) is 1. The molecule has 22 heavy (non-hydrogen) atoms. The van der Waals surface area contributed by atoms with Gasteiger partial charge in [0, 0.05) is 13.1 Å². The molecular formula is C15H15FN2O3S. The van der Waals surface area contributed by atoms with E-state index < -0.39 is 11.7 Å². The monoisotopic (exact) mass is 322 g/mol. The Bertz CT molecular complexity index is 748. The van der Waals surface area contributed by atoms with Crippen molar-refractivity contribution in [2.45, 2.75) is 18.4 Å². The van der Waals surface area contributed by atoms with Gasteiger partial charge in [0.2, 0.25) is 0 Å². The Labute approximate surface area is 130 Å². The van der Waals surface area contributed by atoms with Crippen molar-refractivity contribution < 1.29 is 19.4 Å². The van der Waals surface area contributed by atoms with Crippen LogP contribution in [0.15, 0.2) is 18.2 Å². The van der Waals surface area contributed by atoms with E-state index in [9.17, 15) is 14.3 Å². The summed E-state index contributed by atoms with van der Waals surface area (Å²) in [6, 6.07) is 4.80. The van der Waals surface area contributed by atoms with E-state index in [1.807, 2.05) is 0 Å². The highest BCUT2D eigenvalue weighted by molar-refractivity contribution is 7.18. The lowest BCUT2D eigenvalue weighted by Crippen LogP contribution is -2.31. The van der Waals surface area contributed by atoms with Crippen molar-refractivity contribution in [3.05, 3.63) is 29.0 Å². The van der Waals surface area contributed by atoms with Gasteiger partial charge in [-0.2, -0.15) is 0 Å². The number of carbonyl (C=O) groups is 1. The van der Waals surface area contributed by atoms with Crippen LogP contribution < -0.4 is 0 Å². The molecule has 7 heteroatoms. The molecule has 1 aliphatic heterocycles. The van der Waals surface area contributed by atoms with Crippen LogP contribution in [0.4, 0.5) is 9.18 Å². The number of aliphatic hydroxyl groups is 1. The molecule has 0 radical (unpaired) electrons. The van der Waals surface area contributed by atoms with Gasteiger partial charge in [-0.25, -0.2) is 14.2 Å². The molecule has 1 aromatic carbocycles. The number of hydrogen-bond acceptors (Lipinski definition) is 4. The predicted octanol–water partition coefficient (Wildman–Crippen LogP) is 2.64. The van der Waals surface area contributed by atoms with Crippen molar-refractivity contribution in [1.82, 2.24) is 9.88 Å². The fraction of sp³-hybridized carbons (Fsp3) is 0.467. The molecular weight excluding hydrogens is 307 g/mol. The number of amides is 1. The third-order valence-electron chi connectivity index (χ3n) is 4.81. The number of rotatable bonds is 1. The number of nitrogens with zero attached hydrogens (tertiary/aromatic N) is 2. The van der Waals surface area contributed by atoms with Crippen LogP contribution in [-0.4, -0.2) is 39.3 Å². The third kappa shape index (κ3) is 1.99. The van der Waals surface area contributed by atoms with Gasteiger partial charge in [-0.3, -0.25) is 0 Å². The van der Waals surface area contributed by atoms with Crippen LogP contribution in [-0.2, 0) is 5.60 Å². The number of fused-ring (bicyclic) bond motifs is 2. The molecule has 116 valence electrons. The summed E-state index contributed by atoms with van der Waals surface area (Å²) < 4.78 is 14.5. The summed E-state index contributed by atoms with van der Waals surface area (Å²) in [4.78, 5) is 16.8. The van der Waals surface area contributed by atoms with Crippen molar-refractivity contribution in [2.75, 3.05) is 13.1 Å². The Hall–Kier alpha value is -1.73. The first-order valence-electron chi connectivity index (χ1n) is 7.22. The quantitative estimate of drug-likeness (QED) is 0.846. The summed E-state index contributed by atoms with van der Waals surface area (Å²) in [5.41, 5.74) is -0.754. The Morgan fingerprint density at radius 2 is 2.05 bits per heavy atom. The van der Waals surface area contributed by atoms with Crippen LogP contribution >= 0.6 is 11.3 Å². The van der Waals surface area contributed by atoms with Crippen LogP contribution in [0.2, 0.25) is 0 Å². The highest BCUT2D eigenvalue weighted by Gasteiger charge is 2.51. The molecule has 1 aromatic heterocycles. The first kappa shape index (κ1) is 13.9. The number of hydrogen-bond donors (Lipinski definition) is 2. The number of benzene rings is 1. The molecule has 1 amide bonds. The minimum atomic E-state index is -1.06. The largest absolute Gasteiger partial charge is 0.465 e. The lowest BCUT2D eigenvalue weighted by atomic mass is 10.0. The third-order valence-corrected chi connectivity index (χ3v) is 6.03. The van der Waals surface area contributed by atoms with Gasteiger partial charge in [0.25, 0.3) is 0 Å². The fourth-order valence-electron chi connectivity index (χ4n) is 3.80. The summed E-state index contributed by atoms with van der Waals surface area (Å²) in [6.07, 6.45) is 0.0752. The van der Waals surface area contributed by atoms with Crippen molar-refractivity contribution >= 4 is 27.6 Å². The Morgan fingerprint density at radius 1 is 1.36 bits per heavy atom.